The summed E-state index contributed by atoms with van der Waals surface area (Å²) in [6.45, 7) is 0.0874. The zero-order valence-corrected chi connectivity index (χ0v) is 15.6. The molecule has 0 fully saturated rings. The van der Waals surface area contributed by atoms with Gasteiger partial charge in [0.15, 0.2) is 0 Å². The van der Waals surface area contributed by atoms with Crippen LogP contribution < -0.4 is 25.9 Å². The molecule has 3 heteroatoms. The van der Waals surface area contributed by atoms with E-state index in [2.05, 4.69) is 72.8 Å². The summed E-state index contributed by atoms with van der Waals surface area (Å²) in [6.07, 6.45) is 0. The summed E-state index contributed by atoms with van der Waals surface area (Å²) < 4.78 is 12.7. The molecule has 0 atom stereocenters. The van der Waals surface area contributed by atoms with Crippen LogP contribution in [0.15, 0.2) is 91.0 Å². The standard InChI is InChI=1S/C26H15BO2/c1-2-8-18-15-24-20(14-17(18)7-1)27-25-19-9-4-3-6-16(19)12-13-23(25)28-21-10-5-11-22(29-24)26(21)27/h1-15H. The molecule has 0 radical (unpaired) electrons. The van der Waals surface area contributed by atoms with Crippen molar-refractivity contribution in [3.8, 4) is 23.0 Å². The summed E-state index contributed by atoms with van der Waals surface area (Å²) >= 11 is 0. The van der Waals surface area contributed by atoms with E-state index < -0.39 is 0 Å². The second-order valence-electron chi connectivity index (χ2n) is 7.74. The molecule has 5 aromatic carbocycles. The van der Waals surface area contributed by atoms with Crippen LogP contribution in [0.25, 0.3) is 21.5 Å². The van der Waals surface area contributed by atoms with Crippen LogP contribution in [-0.2, 0) is 0 Å². The lowest BCUT2D eigenvalue weighted by atomic mass is 9.34. The lowest BCUT2D eigenvalue weighted by molar-refractivity contribution is 0.465. The van der Waals surface area contributed by atoms with Crippen molar-refractivity contribution in [2.75, 3.05) is 0 Å². The van der Waals surface area contributed by atoms with Crippen molar-refractivity contribution in [3.05, 3.63) is 91.0 Å². The average molecular weight is 370 g/mol. The summed E-state index contributed by atoms with van der Waals surface area (Å²) in [4.78, 5) is 0. The maximum Gasteiger partial charge on any atom is 0.261 e. The molecule has 0 saturated heterocycles. The van der Waals surface area contributed by atoms with Gasteiger partial charge >= 0.3 is 0 Å². The molecule has 29 heavy (non-hydrogen) atoms. The van der Waals surface area contributed by atoms with Crippen molar-refractivity contribution < 1.29 is 9.47 Å². The fourth-order valence-electron chi connectivity index (χ4n) is 4.89. The van der Waals surface area contributed by atoms with Gasteiger partial charge in [0.25, 0.3) is 6.71 Å². The molecular weight excluding hydrogens is 355 g/mol. The molecule has 2 aliphatic heterocycles. The van der Waals surface area contributed by atoms with Gasteiger partial charge in [-0.2, -0.15) is 0 Å². The Kier molecular flexibility index (Phi) is 2.85. The van der Waals surface area contributed by atoms with Crippen LogP contribution in [-0.4, -0.2) is 6.71 Å². The van der Waals surface area contributed by atoms with Crippen LogP contribution in [0.1, 0.15) is 0 Å². The molecule has 7 rings (SSSR count). The van der Waals surface area contributed by atoms with E-state index in [1.165, 1.54) is 32.5 Å². The van der Waals surface area contributed by atoms with Crippen LogP contribution in [0, 0.1) is 0 Å². The molecule has 0 N–H and O–H groups in total. The van der Waals surface area contributed by atoms with Crippen molar-refractivity contribution in [3.63, 3.8) is 0 Å². The predicted octanol–water partition coefficient (Wildman–Crippen LogP) is 4.72. The maximum atomic E-state index is 6.38. The van der Waals surface area contributed by atoms with E-state index in [0.29, 0.717) is 0 Å². The first-order chi connectivity index (χ1) is 14.4. The van der Waals surface area contributed by atoms with Crippen LogP contribution in [0.2, 0.25) is 0 Å². The van der Waals surface area contributed by atoms with E-state index in [0.717, 1.165) is 28.5 Å². The van der Waals surface area contributed by atoms with Crippen molar-refractivity contribution >= 4 is 44.6 Å². The van der Waals surface area contributed by atoms with Crippen LogP contribution >= 0.6 is 0 Å². The Hall–Kier alpha value is -3.72. The zero-order chi connectivity index (χ0) is 18.9. The summed E-state index contributed by atoms with van der Waals surface area (Å²) in [5, 5.41) is 4.88. The maximum absolute atomic E-state index is 6.38. The first-order valence-corrected chi connectivity index (χ1v) is 9.90. The van der Waals surface area contributed by atoms with Crippen molar-refractivity contribution in [1.82, 2.24) is 0 Å². The fourth-order valence-corrected chi connectivity index (χ4v) is 4.89. The Morgan fingerprint density at radius 2 is 1.14 bits per heavy atom. The van der Waals surface area contributed by atoms with Crippen LogP contribution in [0.4, 0.5) is 0 Å². The van der Waals surface area contributed by atoms with Crippen LogP contribution in [0.3, 0.4) is 0 Å². The minimum absolute atomic E-state index is 0.0874. The highest BCUT2D eigenvalue weighted by molar-refractivity contribution is 6.99. The van der Waals surface area contributed by atoms with Gasteiger partial charge < -0.3 is 9.47 Å². The predicted molar refractivity (Wildman–Crippen MR) is 119 cm³/mol. The number of hydrogen-bond donors (Lipinski definition) is 0. The average Bonchev–Trinajstić information content (AvgIpc) is 2.77. The molecule has 0 amide bonds. The van der Waals surface area contributed by atoms with Gasteiger partial charge in [-0.15, -0.1) is 0 Å². The highest BCUT2D eigenvalue weighted by Crippen LogP contribution is 2.36. The van der Waals surface area contributed by atoms with Gasteiger partial charge in [0, 0.05) is 5.46 Å². The van der Waals surface area contributed by atoms with Gasteiger partial charge in [-0.05, 0) is 56.7 Å². The molecule has 2 aliphatic rings. The van der Waals surface area contributed by atoms with Crippen molar-refractivity contribution in [2.45, 2.75) is 0 Å². The Balaban J connectivity index is 1.63. The third-order valence-corrected chi connectivity index (χ3v) is 6.16. The molecule has 5 aromatic rings. The second kappa shape index (κ2) is 5.42. The van der Waals surface area contributed by atoms with Gasteiger partial charge in [0.05, 0.1) is 0 Å². The smallest absolute Gasteiger partial charge is 0.261 e. The quantitative estimate of drug-likeness (QED) is 0.360. The van der Waals surface area contributed by atoms with Gasteiger partial charge in [0.1, 0.15) is 23.0 Å². The number of fused-ring (bicyclic) bond motifs is 7. The van der Waals surface area contributed by atoms with Gasteiger partial charge in [0.2, 0.25) is 0 Å². The fraction of sp³-hybridized carbons (Fsp3) is 0. The van der Waals surface area contributed by atoms with Gasteiger partial charge in [-0.3, -0.25) is 0 Å². The van der Waals surface area contributed by atoms with Crippen molar-refractivity contribution in [1.29, 1.82) is 0 Å². The van der Waals surface area contributed by atoms with Crippen LogP contribution in [0.5, 0.6) is 23.0 Å². The molecular formula is C26H15BO2. The number of ether oxygens (including phenoxy) is 2. The normalized spacial score (nSPS) is 13.3. The first-order valence-electron chi connectivity index (χ1n) is 9.90. The Bertz CT molecular complexity index is 1470. The second-order valence-corrected chi connectivity index (χ2v) is 7.74. The summed E-state index contributed by atoms with van der Waals surface area (Å²) in [5.41, 5.74) is 3.55. The van der Waals surface area contributed by atoms with Gasteiger partial charge in [-0.1, -0.05) is 66.7 Å². The molecule has 0 aromatic heterocycles. The van der Waals surface area contributed by atoms with E-state index in [-0.39, 0.29) is 6.71 Å². The summed E-state index contributed by atoms with van der Waals surface area (Å²) in [7, 11) is 0. The van der Waals surface area contributed by atoms with E-state index in [4.69, 9.17) is 9.47 Å². The molecule has 0 saturated carbocycles. The van der Waals surface area contributed by atoms with Gasteiger partial charge in [-0.25, -0.2) is 0 Å². The Morgan fingerprint density at radius 1 is 0.483 bits per heavy atom. The molecule has 0 unspecified atom stereocenters. The Labute approximate surface area is 168 Å². The number of rotatable bonds is 0. The van der Waals surface area contributed by atoms with E-state index in [9.17, 15) is 0 Å². The molecule has 0 bridgehead atoms. The lowest BCUT2D eigenvalue weighted by Crippen LogP contribution is -2.57. The van der Waals surface area contributed by atoms with E-state index in [1.54, 1.807) is 0 Å². The largest absolute Gasteiger partial charge is 0.458 e. The lowest BCUT2D eigenvalue weighted by Gasteiger charge is -2.33. The minimum Gasteiger partial charge on any atom is -0.458 e. The monoisotopic (exact) mass is 370 g/mol. The topological polar surface area (TPSA) is 18.5 Å². The molecule has 2 nitrogen and oxygen atoms in total. The Morgan fingerprint density at radius 3 is 1.97 bits per heavy atom. The van der Waals surface area contributed by atoms with Crippen molar-refractivity contribution in [2.24, 2.45) is 0 Å². The number of hydrogen-bond acceptors (Lipinski definition) is 2. The molecule has 0 aliphatic carbocycles. The third-order valence-electron chi connectivity index (χ3n) is 6.16. The molecule has 134 valence electrons. The highest BCUT2D eigenvalue weighted by atomic mass is 16.5. The van der Waals surface area contributed by atoms with E-state index >= 15 is 0 Å². The first kappa shape index (κ1) is 15.2. The summed E-state index contributed by atoms with van der Waals surface area (Å²) in [6, 6.07) is 31.8. The molecule has 0 spiro atoms. The minimum atomic E-state index is 0.0874. The summed E-state index contributed by atoms with van der Waals surface area (Å²) in [5.74, 6) is 3.63. The number of benzene rings is 5. The SMILES string of the molecule is c1cc2c3c(c1)Oc1ccc4ccccc4c1B3c1cc3ccccc3cc1O2. The zero-order valence-electron chi connectivity index (χ0n) is 15.6. The van der Waals surface area contributed by atoms with E-state index in [1.807, 2.05) is 18.2 Å². The molecule has 2 heterocycles. The highest BCUT2D eigenvalue weighted by Gasteiger charge is 2.40. The third kappa shape index (κ3) is 2.02.